The average molecular weight is 139 g/mol. The highest BCUT2D eigenvalue weighted by molar-refractivity contribution is 5.03. The van der Waals surface area contributed by atoms with Gasteiger partial charge in [-0.15, -0.1) is 0 Å². The van der Waals surface area contributed by atoms with Gasteiger partial charge in [-0.25, -0.2) is 0 Å². The van der Waals surface area contributed by atoms with Crippen LogP contribution in [0.15, 0.2) is 24.5 Å². The molecule has 0 heterocycles. The third kappa shape index (κ3) is 4.19. The molecule has 10 heavy (non-hydrogen) atoms. The molecule has 0 N–H and O–H groups in total. The van der Waals surface area contributed by atoms with E-state index in [1.165, 1.54) is 0 Å². The normalized spacial score (nSPS) is 11.2. The van der Waals surface area contributed by atoms with Crippen molar-refractivity contribution in [2.75, 3.05) is 6.61 Å². The minimum absolute atomic E-state index is 0.702. The molecule has 1 nitrogen and oxygen atoms in total. The van der Waals surface area contributed by atoms with E-state index in [0.29, 0.717) is 6.61 Å². The summed E-state index contributed by atoms with van der Waals surface area (Å²) in [4.78, 5) is 0. The molecule has 0 rings (SSSR count). The van der Waals surface area contributed by atoms with Gasteiger partial charge in [0.1, 0.15) is 0 Å². The van der Waals surface area contributed by atoms with Gasteiger partial charge in [0, 0.05) is 6.42 Å². The van der Waals surface area contributed by atoms with Crippen LogP contribution in [0.25, 0.3) is 0 Å². The number of rotatable bonds is 5. The summed E-state index contributed by atoms with van der Waals surface area (Å²) in [5, 5.41) is 0. The molecule has 0 saturated heterocycles. The Kier molecular flexibility index (Phi) is 5.94. The first-order valence-electron chi connectivity index (χ1n) is 3.58. The van der Waals surface area contributed by atoms with Crippen LogP contribution in [0, 0.1) is 6.92 Å². The Morgan fingerprint density at radius 2 is 2.30 bits per heavy atom. The van der Waals surface area contributed by atoms with Crippen LogP contribution in [-0.2, 0) is 4.74 Å². The Morgan fingerprint density at radius 3 is 2.70 bits per heavy atom. The SMILES string of the molecule is [CH2]CCO/C(=C/C=C)CC. The summed E-state index contributed by atoms with van der Waals surface area (Å²) in [6.45, 7) is 10.0. The molecule has 0 fully saturated rings. The minimum atomic E-state index is 0.702. The van der Waals surface area contributed by atoms with E-state index < -0.39 is 0 Å². The van der Waals surface area contributed by atoms with Crippen molar-refractivity contribution in [1.82, 2.24) is 0 Å². The second kappa shape index (κ2) is 6.40. The van der Waals surface area contributed by atoms with E-state index in [9.17, 15) is 0 Å². The molecule has 1 heteroatoms. The van der Waals surface area contributed by atoms with Gasteiger partial charge in [0.2, 0.25) is 0 Å². The summed E-state index contributed by atoms with van der Waals surface area (Å²) in [5.74, 6) is 0.985. The fourth-order valence-electron chi connectivity index (χ4n) is 0.603. The molecule has 57 valence electrons. The van der Waals surface area contributed by atoms with Crippen molar-refractivity contribution in [2.45, 2.75) is 19.8 Å². The largest absolute Gasteiger partial charge is 0.498 e. The molecule has 0 aliphatic heterocycles. The predicted molar refractivity (Wildman–Crippen MR) is 44.5 cm³/mol. The molecule has 0 aromatic heterocycles. The fourth-order valence-corrected chi connectivity index (χ4v) is 0.603. The summed E-state index contributed by atoms with van der Waals surface area (Å²) in [6, 6.07) is 0. The number of hydrogen-bond acceptors (Lipinski definition) is 1. The van der Waals surface area contributed by atoms with Gasteiger partial charge >= 0.3 is 0 Å². The van der Waals surface area contributed by atoms with Crippen molar-refractivity contribution in [3.05, 3.63) is 31.4 Å². The predicted octanol–water partition coefficient (Wildman–Crippen LogP) is 2.71. The maximum atomic E-state index is 5.31. The van der Waals surface area contributed by atoms with Gasteiger partial charge in [-0.05, 0) is 19.4 Å². The van der Waals surface area contributed by atoms with Crippen molar-refractivity contribution < 1.29 is 4.74 Å². The van der Waals surface area contributed by atoms with Crippen LogP contribution in [0.3, 0.4) is 0 Å². The Morgan fingerprint density at radius 1 is 1.60 bits per heavy atom. The van der Waals surface area contributed by atoms with Crippen LogP contribution in [0.4, 0.5) is 0 Å². The van der Waals surface area contributed by atoms with Crippen molar-refractivity contribution in [1.29, 1.82) is 0 Å². The Bertz CT molecular complexity index is 114. The molecule has 0 unspecified atom stereocenters. The quantitative estimate of drug-likeness (QED) is 0.420. The highest BCUT2D eigenvalue weighted by Crippen LogP contribution is 2.02. The van der Waals surface area contributed by atoms with Crippen molar-refractivity contribution in [3.63, 3.8) is 0 Å². The third-order valence-corrected chi connectivity index (χ3v) is 1.08. The Hall–Kier alpha value is -0.720. The summed E-state index contributed by atoms with van der Waals surface area (Å²) in [5.41, 5.74) is 0. The highest BCUT2D eigenvalue weighted by atomic mass is 16.5. The first-order valence-corrected chi connectivity index (χ1v) is 3.58. The van der Waals surface area contributed by atoms with E-state index in [0.717, 1.165) is 18.6 Å². The number of hydrogen-bond donors (Lipinski definition) is 0. The van der Waals surface area contributed by atoms with E-state index in [1.807, 2.05) is 6.08 Å². The molecule has 0 aliphatic carbocycles. The molecule has 0 aliphatic rings. The maximum Gasteiger partial charge on any atom is 0.0956 e. The van der Waals surface area contributed by atoms with Gasteiger partial charge < -0.3 is 4.74 Å². The molecule has 0 aromatic carbocycles. The van der Waals surface area contributed by atoms with Crippen LogP contribution >= 0.6 is 0 Å². The zero-order chi connectivity index (χ0) is 7.82. The van der Waals surface area contributed by atoms with Gasteiger partial charge in [0.25, 0.3) is 0 Å². The lowest BCUT2D eigenvalue weighted by molar-refractivity contribution is 0.209. The lowest BCUT2D eigenvalue weighted by Gasteiger charge is -2.04. The molecular formula is C9H15O. The van der Waals surface area contributed by atoms with Gasteiger partial charge in [0.05, 0.1) is 12.4 Å². The molecule has 0 saturated carbocycles. The zero-order valence-corrected chi connectivity index (χ0v) is 6.60. The molecule has 0 spiro atoms. The van der Waals surface area contributed by atoms with Crippen molar-refractivity contribution in [3.8, 4) is 0 Å². The molecule has 0 aromatic rings. The third-order valence-electron chi connectivity index (χ3n) is 1.08. The van der Waals surface area contributed by atoms with Gasteiger partial charge in [-0.3, -0.25) is 0 Å². The zero-order valence-electron chi connectivity index (χ0n) is 6.60. The van der Waals surface area contributed by atoms with E-state index in [-0.39, 0.29) is 0 Å². The lowest BCUT2D eigenvalue weighted by Crippen LogP contribution is -1.91. The summed E-state index contributed by atoms with van der Waals surface area (Å²) >= 11 is 0. The van der Waals surface area contributed by atoms with Crippen LogP contribution in [0.2, 0.25) is 0 Å². The standard InChI is InChI=1S/C9H15O/c1-4-7-9(6-3)10-8-5-2/h4,7H,1-2,5-6,8H2,3H3/b9-7+. The lowest BCUT2D eigenvalue weighted by atomic mass is 10.3. The number of ether oxygens (including phenoxy) is 1. The molecule has 0 atom stereocenters. The van der Waals surface area contributed by atoms with Crippen LogP contribution < -0.4 is 0 Å². The Labute approximate surface area is 63.4 Å². The summed E-state index contributed by atoms with van der Waals surface area (Å²) < 4.78 is 5.31. The van der Waals surface area contributed by atoms with Crippen LogP contribution in [0.1, 0.15) is 19.8 Å². The van der Waals surface area contributed by atoms with Crippen molar-refractivity contribution in [2.24, 2.45) is 0 Å². The molecule has 1 radical (unpaired) electrons. The van der Waals surface area contributed by atoms with Gasteiger partial charge in [-0.2, -0.15) is 0 Å². The van der Waals surface area contributed by atoms with Crippen LogP contribution in [0.5, 0.6) is 0 Å². The van der Waals surface area contributed by atoms with Gasteiger partial charge in [-0.1, -0.05) is 19.6 Å². The highest BCUT2D eigenvalue weighted by Gasteiger charge is 1.89. The minimum Gasteiger partial charge on any atom is -0.498 e. The molecular weight excluding hydrogens is 124 g/mol. The van der Waals surface area contributed by atoms with Gasteiger partial charge in [0.15, 0.2) is 0 Å². The maximum absolute atomic E-state index is 5.31. The Balaban J connectivity index is 3.59. The smallest absolute Gasteiger partial charge is 0.0956 e. The van der Waals surface area contributed by atoms with E-state index in [2.05, 4.69) is 20.4 Å². The average Bonchev–Trinajstić information content (AvgIpc) is 1.98. The second-order valence-corrected chi connectivity index (χ2v) is 1.92. The summed E-state index contributed by atoms with van der Waals surface area (Å²) in [7, 11) is 0. The fraction of sp³-hybridized carbons (Fsp3) is 0.444. The first kappa shape index (κ1) is 9.28. The van der Waals surface area contributed by atoms with E-state index >= 15 is 0 Å². The van der Waals surface area contributed by atoms with Crippen molar-refractivity contribution >= 4 is 0 Å². The monoisotopic (exact) mass is 139 g/mol. The molecule has 0 bridgehead atoms. The second-order valence-electron chi connectivity index (χ2n) is 1.92. The van der Waals surface area contributed by atoms with Crippen LogP contribution in [-0.4, -0.2) is 6.61 Å². The number of allylic oxidation sites excluding steroid dienone is 3. The molecule has 0 amide bonds. The summed E-state index contributed by atoms with van der Waals surface area (Å²) in [6.07, 6.45) is 5.36. The van der Waals surface area contributed by atoms with E-state index in [4.69, 9.17) is 4.74 Å². The first-order chi connectivity index (χ1) is 4.85. The topological polar surface area (TPSA) is 9.23 Å². The van der Waals surface area contributed by atoms with E-state index in [1.54, 1.807) is 6.08 Å².